The molecule has 1 aromatic carbocycles. The molecule has 178 valence electrons. The normalized spacial score (nSPS) is 18.1. The molecule has 3 N–H and O–H groups in total. The van der Waals surface area contributed by atoms with Gasteiger partial charge in [-0.3, -0.25) is 4.79 Å². The first-order valence-corrected chi connectivity index (χ1v) is 10.6. The Kier molecular flexibility index (Phi) is 6.87. The van der Waals surface area contributed by atoms with Crippen LogP contribution >= 0.6 is 11.6 Å². The number of nitrogens with one attached hydrogen (secondary N) is 1. The Morgan fingerprint density at radius 1 is 1.21 bits per heavy atom. The Bertz CT molecular complexity index is 1150. The first-order chi connectivity index (χ1) is 16.2. The van der Waals surface area contributed by atoms with E-state index < -0.39 is 17.6 Å². The van der Waals surface area contributed by atoms with Crippen molar-refractivity contribution in [3.05, 3.63) is 60.8 Å². The summed E-state index contributed by atoms with van der Waals surface area (Å²) >= 11 is 4.75. The minimum absolute atomic E-state index is 0.158. The number of ether oxygens (including phenoxy) is 1. The average molecular weight is 492 g/mol. The fraction of sp³-hybridized carbons (Fsp3) is 0.273. The van der Waals surface area contributed by atoms with Gasteiger partial charge in [0.2, 0.25) is 0 Å². The van der Waals surface area contributed by atoms with Crippen LogP contribution in [0.1, 0.15) is 10.4 Å². The molecule has 12 heteroatoms. The third-order valence-electron chi connectivity index (χ3n) is 5.29. The van der Waals surface area contributed by atoms with Crippen LogP contribution in [0, 0.1) is 5.92 Å². The van der Waals surface area contributed by atoms with E-state index in [4.69, 9.17) is 11.6 Å². The third kappa shape index (κ3) is 5.56. The summed E-state index contributed by atoms with van der Waals surface area (Å²) < 4.78 is 29.8. The number of alkyl halides is 3. The summed E-state index contributed by atoms with van der Waals surface area (Å²) in [6.45, 7) is 0.515. The lowest BCUT2D eigenvalue weighted by atomic mass is 10.1. The number of anilines is 2. The summed E-state index contributed by atoms with van der Waals surface area (Å²) in [5.74, 6) is -0.437. The Morgan fingerprint density at radius 3 is 2.53 bits per heavy atom. The highest BCUT2D eigenvalue weighted by molar-refractivity contribution is 6.20. The molecule has 0 spiro atoms. The van der Waals surface area contributed by atoms with Crippen LogP contribution in [0.2, 0.25) is 0 Å². The van der Waals surface area contributed by atoms with Gasteiger partial charge in [0.25, 0.3) is 5.91 Å². The Morgan fingerprint density at radius 2 is 1.91 bits per heavy atom. The number of hydrogen-bond acceptors (Lipinski definition) is 8. The number of rotatable bonds is 7. The van der Waals surface area contributed by atoms with Gasteiger partial charge >= 0.3 is 5.57 Å². The highest BCUT2D eigenvalue weighted by Gasteiger charge is 2.33. The summed E-state index contributed by atoms with van der Waals surface area (Å²) in [5, 5.41) is 22.3. The number of pyridine rings is 1. The number of carbonyl (C=O) groups is 1. The molecule has 3 aromatic rings. The lowest BCUT2D eigenvalue weighted by Crippen LogP contribution is -2.23. The molecule has 4 rings (SSSR count). The van der Waals surface area contributed by atoms with E-state index in [1.54, 1.807) is 18.5 Å². The number of β-amino-alcohol motifs (C(OH)–C–C–N with tert-alkyl or cyclic N) is 1. The molecule has 0 unspecified atom stereocenters. The number of aromatic nitrogens is 3. The number of nitrogens with zero attached hydrogens (tertiary/aromatic N) is 4. The highest BCUT2D eigenvalue weighted by atomic mass is 35.5. The van der Waals surface area contributed by atoms with Crippen LogP contribution in [-0.4, -0.2) is 62.4 Å². The number of amides is 1. The maximum absolute atomic E-state index is 12.9. The molecular weight excluding hydrogens is 472 g/mol. The summed E-state index contributed by atoms with van der Waals surface area (Å²) in [5.41, 5.74) is -2.07. The largest absolute Gasteiger partial charge is 0.487 e. The van der Waals surface area contributed by atoms with E-state index in [2.05, 4.69) is 25.0 Å². The van der Waals surface area contributed by atoms with Crippen molar-refractivity contribution in [3.63, 3.8) is 0 Å². The molecule has 1 aliphatic rings. The van der Waals surface area contributed by atoms with Gasteiger partial charge in [0, 0.05) is 66.0 Å². The second-order valence-corrected chi connectivity index (χ2v) is 8.10. The molecule has 1 saturated heterocycles. The van der Waals surface area contributed by atoms with Crippen LogP contribution in [-0.2, 0) is 0 Å². The van der Waals surface area contributed by atoms with Gasteiger partial charge in [-0.1, -0.05) is 0 Å². The predicted molar refractivity (Wildman–Crippen MR) is 120 cm³/mol. The quantitative estimate of drug-likeness (QED) is 0.431. The minimum Gasteiger partial charge on any atom is -0.420 e. The first-order valence-electron chi connectivity index (χ1n) is 10.2. The van der Waals surface area contributed by atoms with Crippen molar-refractivity contribution in [3.8, 4) is 16.9 Å². The standard InChI is InChI=1S/C22H20ClF2N5O4/c23-22(24,25)34-17-3-1-16(2-4-17)29-21(33)13-5-18(14-6-26-12-27-7-14)20(28-8-13)30-9-15(11-31)19(32)10-30/h1-8,12,15,19,31-32H,9-11H2,(H,29,33)/t15-,19+/m1/s1. The highest BCUT2D eigenvalue weighted by Crippen LogP contribution is 2.33. The van der Waals surface area contributed by atoms with E-state index in [9.17, 15) is 23.8 Å². The predicted octanol–water partition coefficient (Wildman–Crippen LogP) is 2.75. The van der Waals surface area contributed by atoms with Crippen molar-refractivity contribution in [2.45, 2.75) is 11.7 Å². The van der Waals surface area contributed by atoms with Crippen LogP contribution in [0.15, 0.2) is 55.2 Å². The number of aliphatic hydroxyl groups is 2. The number of carbonyl (C=O) groups excluding carboxylic acids is 1. The third-order valence-corrected chi connectivity index (χ3v) is 5.36. The lowest BCUT2D eigenvalue weighted by molar-refractivity contribution is -0.0964. The number of aliphatic hydroxyl groups excluding tert-OH is 2. The van der Waals surface area contributed by atoms with Crippen molar-refractivity contribution >= 4 is 29.0 Å². The van der Waals surface area contributed by atoms with Gasteiger partial charge in [-0.05, 0) is 30.3 Å². The van der Waals surface area contributed by atoms with Gasteiger partial charge < -0.3 is 25.2 Å². The van der Waals surface area contributed by atoms with Crippen LogP contribution in [0.5, 0.6) is 5.75 Å². The molecule has 2 atom stereocenters. The maximum Gasteiger partial charge on any atom is 0.487 e. The Hall–Kier alpha value is -3.41. The number of hydrogen-bond donors (Lipinski definition) is 3. The molecule has 3 heterocycles. The molecule has 0 bridgehead atoms. The molecule has 1 fully saturated rings. The average Bonchev–Trinajstić information content (AvgIpc) is 3.20. The van der Waals surface area contributed by atoms with E-state index in [1.807, 2.05) is 4.90 Å². The maximum atomic E-state index is 12.9. The zero-order valence-corrected chi connectivity index (χ0v) is 18.4. The number of halogens is 3. The fourth-order valence-electron chi connectivity index (χ4n) is 3.63. The van der Waals surface area contributed by atoms with Gasteiger partial charge in [0.1, 0.15) is 17.9 Å². The smallest absolute Gasteiger partial charge is 0.420 e. The van der Waals surface area contributed by atoms with Crippen molar-refractivity contribution in [1.82, 2.24) is 15.0 Å². The van der Waals surface area contributed by atoms with Crippen molar-refractivity contribution in [2.75, 3.05) is 29.9 Å². The zero-order valence-electron chi connectivity index (χ0n) is 17.6. The molecule has 2 aromatic heterocycles. The molecule has 1 amide bonds. The van der Waals surface area contributed by atoms with Gasteiger partial charge in [-0.2, -0.15) is 0 Å². The zero-order chi connectivity index (χ0) is 24.3. The minimum atomic E-state index is -3.84. The molecule has 0 saturated carbocycles. The second-order valence-electron chi connectivity index (χ2n) is 7.66. The molecular formula is C22H20ClF2N5O4. The van der Waals surface area contributed by atoms with E-state index in [-0.39, 0.29) is 30.4 Å². The molecule has 1 aliphatic heterocycles. The van der Waals surface area contributed by atoms with Crippen molar-refractivity contribution in [2.24, 2.45) is 5.92 Å². The SMILES string of the molecule is O=C(Nc1ccc(OC(F)(F)Cl)cc1)c1cnc(N2C[C@H](CO)[C@@H](O)C2)c(-c2cncnc2)c1. The van der Waals surface area contributed by atoms with E-state index in [1.165, 1.54) is 36.8 Å². The van der Waals surface area contributed by atoms with Crippen LogP contribution in [0.25, 0.3) is 11.1 Å². The number of benzene rings is 1. The summed E-state index contributed by atoms with van der Waals surface area (Å²) in [7, 11) is 0. The van der Waals surface area contributed by atoms with Crippen LogP contribution in [0.4, 0.5) is 20.3 Å². The van der Waals surface area contributed by atoms with Gasteiger partial charge in [-0.25, -0.2) is 15.0 Å². The van der Waals surface area contributed by atoms with Crippen LogP contribution < -0.4 is 15.0 Å². The second kappa shape index (κ2) is 9.84. The topological polar surface area (TPSA) is 121 Å². The fourth-order valence-corrected chi connectivity index (χ4v) is 3.72. The summed E-state index contributed by atoms with van der Waals surface area (Å²) in [4.78, 5) is 27.2. The lowest BCUT2D eigenvalue weighted by Gasteiger charge is -2.21. The first kappa shape index (κ1) is 23.7. The Labute approximate surface area is 198 Å². The van der Waals surface area contributed by atoms with Crippen LogP contribution in [0.3, 0.4) is 0 Å². The summed E-state index contributed by atoms with van der Waals surface area (Å²) in [6.07, 6.45) is 5.22. The molecule has 0 aliphatic carbocycles. The monoisotopic (exact) mass is 491 g/mol. The van der Waals surface area contributed by atoms with E-state index >= 15 is 0 Å². The van der Waals surface area contributed by atoms with E-state index in [0.717, 1.165) is 0 Å². The van der Waals surface area contributed by atoms with Crippen molar-refractivity contribution in [1.29, 1.82) is 0 Å². The van der Waals surface area contributed by atoms with Gasteiger partial charge in [-0.15, -0.1) is 8.78 Å². The van der Waals surface area contributed by atoms with E-state index in [0.29, 0.717) is 29.2 Å². The Balaban J connectivity index is 1.58. The van der Waals surface area contributed by atoms with Crippen molar-refractivity contribution < 1.29 is 28.5 Å². The molecule has 0 radical (unpaired) electrons. The summed E-state index contributed by atoms with van der Waals surface area (Å²) in [6, 6.07) is 6.90. The molecule has 34 heavy (non-hydrogen) atoms. The van der Waals surface area contributed by atoms with Gasteiger partial charge in [0.05, 0.1) is 18.3 Å². The molecule has 9 nitrogen and oxygen atoms in total. The van der Waals surface area contributed by atoms with Gasteiger partial charge in [0.15, 0.2) is 0 Å².